The highest BCUT2D eigenvalue weighted by Gasteiger charge is 2.21. The summed E-state index contributed by atoms with van der Waals surface area (Å²) in [6, 6.07) is 9.37. The number of hydrogen-bond acceptors (Lipinski definition) is 3. The molecule has 0 amide bonds. The lowest BCUT2D eigenvalue weighted by atomic mass is 10.0. The van der Waals surface area contributed by atoms with Gasteiger partial charge in [0.05, 0.1) is 0 Å². The summed E-state index contributed by atoms with van der Waals surface area (Å²) in [7, 11) is 0. The number of para-hydroxylation sites is 1. The van der Waals surface area contributed by atoms with Gasteiger partial charge in [0.25, 0.3) is 0 Å². The maximum Gasteiger partial charge on any atom is 0.0482 e. The number of rotatable bonds is 7. The highest BCUT2D eigenvalue weighted by molar-refractivity contribution is 5.54. The van der Waals surface area contributed by atoms with E-state index in [0.717, 1.165) is 45.2 Å². The summed E-state index contributed by atoms with van der Waals surface area (Å²) in [5.74, 6) is 0.731. The van der Waals surface area contributed by atoms with Crippen molar-refractivity contribution in [1.29, 1.82) is 0 Å². The van der Waals surface area contributed by atoms with E-state index >= 15 is 0 Å². The number of nitrogens with zero attached hydrogens (tertiary/aromatic N) is 1. The Morgan fingerprint density at radius 2 is 2.14 bits per heavy atom. The van der Waals surface area contributed by atoms with Crippen LogP contribution in [0.2, 0.25) is 0 Å². The minimum atomic E-state index is 0.574. The molecule has 0 aromatic heterocycles. The van der Waals surface area contributed by atoms with Gasteiger partial charge in [-0.15, -0.1) is 0 Å². The smallest absolute Gasteiger partial charge is 0.0482 e. The van der Waals surface area contributed by atoms with E-state index < -0.39 is 0 Å². The lowest BCUT2D eigenvalue weighted by molar-refractivity contribution is 0.146. The second-order valence-electron chi connectivity index (χ2n) is 6.33. The molecule has 1 aromatic rings. The highest BCUT2D eigenvalue weighted by Crippen LogP contribution is 2.24. The Labute approximate surface area is 129 Å². The molecular weight excluding hydrogens is 260 g/mol. The zero-order valence-corrected chi connectivity index (χ0v) is 13.8. The first-order valence-corrected chi connectivity index (χ1v) is 8.34. The van der Waals surface area contributed by atoms with Gasteiger partial charge in [-0.3, -0.25) is 0 Å². The maximum absolute atomic E-state index is 5.49. The predicted molar refractivity (Wildman–Crippen MR) is 89.8 cm³/mol. The Morgan fingerprint density at radius 1 is 1.33 bits per heavy atom. The topological polar surface area (TPSA) is 24.5 Å². The molecule has 1 aliphatic heterocycles. The van der Waals surface area contributed by atoms with E-state index in [0.29, 0.717) is 6.04 Å². The molecule has 118 valence electrons. The Kier molecular flexibility index (Phi) is 6.52. The Hall–Kier alpha value is -1.06. The van der Waals surface area contributed by atoms with Crippen molar-refractivity contribution in [3.8, 4) is 0 Å². The van der Waals surface area contributed by atoms with E-state index in [9.17, 15) is 0 Å². The first-order valence-electron chi connectivity index (χ1n) is 8.34. The number of ether oxygens (including phenoxy) is 1. The minimum Gasteiger partial charge on any atom is -0.382 e. The lowest BCUT2D eigenvalue weighted by Crippen LogP contribution is -2.39. The fourth-order valence-corrected chi connectivity index (χ4v) is 3.09. The minimum absolute atomic E-state index is 0.574. The van der Waals surface area contributed by atoms with Crippen molar-refractivity contribution >= 4 is 5.69 Å². The average molecular weight is 290 g/mol. The number of hydrogen-bond donors (Lipinski definition) is 1. The Morgan fingerprint density at radius 3 is 2.90 bits per heavy atom. The fourth-order valence-electron chi connectivity index (χ4n) is 3.09. The Balaban J connectivity index is 2.04. The van der Waals surface area contributed by atoms with Gasteiger partial charge < -0.3 is 15.0 Å². The summed E-state index contributed by atoms with van der Waals surface area (Å²) < 4.78 is 5.49. The van der Waals surface area contributed by atoms with Gasteiger partial charge in [0.1, 0.15) is 0 Å². The third kappa shape index (κ3) is 5.01. The molecule has 0 aliphatic carbocycles. The van der Waals surface area contributed by atoms with Crippen molar-refractivity contribution in [3.05, 3.63) is 29.8 Å². The van der Waals surface area contributed by atoms with Crippen LogP contribution in [0, 0.1) is 5.92 Å². The molecule has 0 saturated carbocycles. The largest absolute Gasteiger partial charge is 0.382 e. The van der Waals surface area contributed by atoms with Crippen molar-refractivity contribution in [2.24, 2.45) is 5.92 Å². The number of fused-ring (bicyclic) bond motifs is 1. The molecule has 1 unspecified atom stereocenters. The second-order valence-corrected chi connectivity index (χ2v) is 6.33. The van der Waals surface area contributed by atoms with Crippen LogP contribution in [0.15, 0.2) is 24.3 Å². The molecule has 3 heteroatoms. The Bertz CT molecular complexity index is 419. The molecule has 1 aromatic carbocycles. The van der Waals surface area contributed by atoms with Gasteiger partial charge >= 0.3 is 0 Å². The van der Waals surface area contributed by atoms with Gasteiger partial charge in [0, 0.05) is 44.6 Å². The normalized spacial score (nSPS) is 18.7. The monoisotopic (exact) mass is 290 g/mol. The third-order valence-corrected chi connectivity index (χ3v) is 4.03. The average Bonchev–Trinajstić information content (AvgIpc) is 2.63. The summed E-state index contributed by atoms with van der Waals surface area (Å²) in [5.41, 5.74) is 2.81. The molecule has 1 heterocycles. The molecule has 0 bridgehead atoms. The molecule has 1 N–H and O–H groups in total. The van der Waals surface area contributed by atoms with Gasteiger partial charge in [-0.25, -0.2) is 0 Å². The van der Waals surface area contributed by atoms with Gasteiger partial charge in [-0.2, -0.15) is 0 Å². The number of nitrogens with one attached hydrogen (secondary N) is 1. The molecule has 2 rings (SSSR count). The lowest BCUT2D eigenvalue weighted by Gasteiger charge is -2.28. The van der Waals surface area contributed by atoms with Crippen molar-refractivity contribution in [3.63, 3.8) is 0 Å². The first-order chi connectivity index (χ1) is 10.2. The van der Waals surface area contributed by atoms with Crippen LogP contribution in [0.1, 0.15) is 39.2 Å². The van der Waals surface area contributed by atoms with E-state index in [-0.39, 0.29) is 0 Å². The van der Waals surface area contributed by atoms with Crippen molar-refractivity contribution in [2.45, 2.75) is 46.2 Å². The van der Waals surface area contributed by atoms with Gasteiger partial charge in [-0.1, -0.05) is 32.0 Å². The van der Waals surface area contributed by atoms with E-state index in [1.54, 1.807) is 0 Å². The fraction of sp³-hybridized carbons (Fsp3) is 0.667. The third-order valence-electron chi connectivity index (χ3n) is 4.03. The molecule has 0 spiro atoms. The molecule has 0 fully saturated rings. The van der Waals surface area contributed by atoms with Crippen LogP contribution in [-0.2, 0) is 11.3 Å². The van der Waals surface area contributed by atoms with E-state index in [4.69, 9.17) is 4.74 Å². The van der Waals surface area contributed by atoms with Crippen LogP contribution in [0.4, 0.5) is 5.69 Å². The van der Waals surface area contributed by atoms with Crippen LogP contribution in [-0.4, -0.2) is 32.3 Å². The van der Waals surface area contributed by atoms with Crippen molar-refractivity contribution in [2.75, 3.05) is 31.2 Å². The van der Waals surface area contributed by atoms with E-state index in [1.165, 1.54) is 17.7 Å². The van der Waals surface area contributed by atoms with Crippen LogP contribution in [0.3, 0.4) is 0 Å². The summed E-state index contributed by atoms with van der Waals surface area (Å²) in [6.45, 7) is 11.5. The number of benzene rings is 1. The second kappa shape index (κ2) is 8.40. The summed E-state index contributed by atoms with van der Waals surface area (Å²) in [6.07, 6.45) is 2.33. The van der Waals surface area contributed by atoms with Crippen molar-refractivity contribution < 1.29 is 4.74 Å². The summed E-state index contributed by atoms with van der Waals surface area (Å²) >= 11 is 0. The molecule has 3 nitrogen and oxygen atoms in total. The standard InChI is InChI=1S/C18H30N2O/c1-4-21-11-7-10-20-14-17(12-15(2)3)19-13-16-8-5-6-9-18(16)20/h5-6,8-9,15,17,19H,4,7,10-14H2,1-3H3. The van der Waals surface area contributed by atoms with Gasteiger partial charge in [-0.05, 0) is 37.3 Å². The van der Waals surface area contributed by atoms with Gasteiger partial charge in [0.2, 0.25) is 0 Å². The molecule has 1 atom stereocenters. The van der Waals surface area contributed by atoms with Crippen LogP contribution < -0.4 is 10.2 Å². The SMILES string of the molecule is CCOCCCN1CC(CC(C)C)NCc2ccccc21. The quantitative estimate of drug-likeness (QED) is 0.779. The summed E-state index contributed by atoms with van der Waals surface area (Å²) in [5, 5.41) is 3.73. The number of anilines is 1. The van der Waals surface area contributed by atoms with Gasteiger partial charge in [0.15, 0.2) is 0 Å². The van der Waals surface area contributed by atoms with Crippen LogP contribution in [0.5, 0.6) is 0 Å². The first kappa shape index (κ1) is 16.3. The van der Waals surface area contributed by atoms with Crippen LogP contribution >= 0.6 is 0 Å². The molecule has 0 saturated heterocycles. The predicted octanol–water partition coefficient (Wildman–Crippen LogP) is 3.44. The molecule has 21 heavy (non-hydrogen) atoms. The van der Waals surface area contributed by atoms with E-state index in [1.807, 2.05) is 0 Å². The van der Waals surface area contributed by atoms with Crippen molar-refractivity contribution in [1.82, 2.24) is 5.32 Å². The summed E-state index contributed by atoms with van der Waals surface area (Å²) in [4.78, 5) is 2.54. The molecule has 1 aliphatic rings. The molecule has 0 radical (unpaired) electrons. The highest BCUT2D eigenvalue weighted by atomic mass is 16.5. The zero-order valence-electron chi connectivity index (χ0n) is 13.8. The maximum atomic E-state index is 5.49. The van der Waals surface area contributed by atoms with E-state index in [2.05, 4.69) is 55.3 Å². The van der Waals surface area contributed by atoms with Crippen LogP contribution in [0.25, 0.3) is 0 Å². The molecular formula is C18H30N2O. The zero-order chi connectivity index (χ0) is 15.1.